The van der Waals surface area contributed by atoms with Crippen LogP contribution in [-0.2, 0) is 10.0 Å². The van der Waals surface area contributed by atoms with Crippen LogP contribution in [0.15, 0.2) is 57.7 Å². The molecule has 1 unspecified atom stereocenters. The van der Waals surface area contributed by atoms with Crippen LogP contribution in [0.5, 0.6) is 23.0 Å². The molecule has 0 spiro atoms. The van der Waals surface area contributed by atoms with Crippen molar-refractivity contribution < 1.29 is 31.8 Å². The molecule has 0 radical (unpaired) electrons. The maximum absolute atomic E-state index is 13.6. The van der Waals surface area contributed by atoms with Gasteiger partial charge < -0.3 is 23.4 Å². The van der Waals surface area contributed by atoms with Crippen LogP contribution in [-0.4, -0.2) is 42.6 Å². The minimum atomic E-state index is -3.89. The Hall–Kier alpha value is -3.92. The molecule has 0 fully saturated rings. The molecule has 1 aromatic heterocycles. The Kier molecular flexibility index (Phi) is 6.98. The molecule has 9 nitrogen and oxygen atoms in total. The fourth-order valence-corrected chi connectivity index (χ4v) is 5.56. The third-order valence-corrected chi connectivity index (χ3v) is 7.37. The lowest BCUT2D eigenvalue weighted by molar-refractivity contribution is 0.355. The molecule has 0 bridgehead atoms. The van der Waals surface area contributed by atoms with Crippen LogP contribution in [0.2, 0.25) is 0 Å². The van der Waals surface area contributed by atoms with Gasteiger partial charge >= 0.3 is 0 Å². The van der Waals surface area contributed by atoms with Gasteiger partial charge in [-0.3, -0.25) is 9.52 Å². The largest absolute Gasteiger partial charge is 0.496 e. The van der Waals surface area contributed by atoms with Crippen LogP contribution in [0, 0.1) is 0 Å². The first kappa shape index (κ1) is 25.2. The highest BCUT2D eigenvalue weighted by molar-refractivity contribution is 7.92. The number of fused-ring (bicyclic) bond motifs is 2. The van der Waals surface area contributed by atoms with Gasteiger partial charge in [-0.05, 0) is 17.5 Å². The van der Waals surface area contributed by atoms with E-state index >= 15 is 0 Å². The van der Waals surface area contributed by atoms with Gasteiger partial charge in [0.15, 0.2) is 22.8 Å². The topological polar surface area (TPSA) is 113 Å². The van der Waals surface area contributed by atoms with Gasteiger partial charge in [0.1, 0.15) is 22.4 Å². The van der Waals surface area contributed by atoms with E-state index in [1.54, 1.807) is 0 Å². The van der Waals surface area contributed by atoms with Gasteiger partial charge in [-0.1, -0.05) is 37.3 Å². The summed E-state index contributed by atoms with van der Waals surface area (Å²) in [7, 11) is 1.81. The Morgan fingerprint density at radius 2 is 1.47 bits per heavy atom. The average Bonchev–Trinajstić information content (AvgIpc) is 2.88. The summed E-state index contributed by atoms with van der Waals surface area (Å²) >= 11 is 0. The number of nitrogens with one attached hydrogen (secondary N) is 1. The Bertz CT molecular complexity index is 1580. The van der Waals surface area contributed by atoms with Crippen molar-refractivity contribution in [3.8, 4) is 23.0 Å². The zero-order valence-corrected chi connectivity index (χ0v) is 21.4. The fourth-order valence-electron chi connectivity index (χ4n) is 4.12. The summed E-state index contributed by atoms with van der Waals surface area (Å²) in [6.45, 7) is 1.82. The van der Waals surface area contributed by atoms with Crippen LogP contribution in [0.25, 0.3) is 21.9 Å². The second kappa shape index (κ2) is 9.98. The predicted molar refractivity (Wildman–Crippen MR) is 138 cm³/mol. The number of benzene rings is 3. The quantitative estimate of drug-likeness (QED) is 0.325. The standard InChI is InChI=1S/C26H27NO8S/c1-15(16-9-7-6-8-10-16)14-36(29,30)27-24-22(34-5)13-21(33-4)23-25(28)17-11-19(31-2)20(32-3)12-18(17)35-26(23)24/h6-13,15,27H,14H2,1-5H3. The lowest BCUT2D eigenvalue weighted by Gasteiger charge is -2.18. The number of ether oxygens (including phenoxy) is 4. The van der Waals surface area contributed by atoms with E-state index in [1.165, 1.54) is 46.6 Å². The molecule has 0 aliphatic rings. The second-order valence-corrected chi connectivity index (χ2v) is 9.96. The van der Waals surface area contributed by atoms with Crippen LogP contribution >= 0.6 is 0 Å². The van der Waals surface area contributed by atoms with E-state index < -0.39 is 15.5 Å². The Morgan fingerprint density at radius 3 is 2.08 bits per heavy atom. The van der Waals surface area contributed by atoms with Crippen molar-refractivity contribution in [3.63, 3.8) is 0 Å². The monoisotopic (exact) mass is 513 g/mol. The van der Waals surface area contributed by atoms with Gasteiger partial charge in [-0.2, -0.15) is 0 Å². The third kappa shape index (κ3) is 4.64. The van der Waals surface area contributed by atoms with E-state index in [-0.39, 0.29) is 50.8 Å². The van der Waals surface area contributed by atoms with Crippen LogP contribution in [0.1, 0.15) is 18.4 Å². The highest BCUT2D eigenvalue weighted by Crippen LogP contribution is 2.41. The van der Waals surface area contributed by atoms with E-state index in [4.69, 9.17) is 23.4 Å². The minimum Gasteiger partial charge on any atom is -0.496 e. The molecule has 0 aliphatic carbocycles. The van der Waals surface area contributed by atoms with Crippen LogP contribution in [0.3, 0.4) is 0 Å². The fraction of sp³-hybridized carbons (Fsp3) is 0.269. The molecular formula is C26H27NO8S. The predicted octanol–water partition coefficient (Wildman–Crippen LogP) is 4.53. The first-order valence-electron chi connectivity index (χ1n) is 11.1. The van der Waals surface area contributed by atoms with Crippen LogP contribution < -0.4 is 29.1 Å². The zero-order chi connectivity index (χ0) is 26.0. The lowest BCUT2D eigenvalue weighted by Crippen LogP contribution is -2.21. The molecule has 4 rings (SSSR count). The van der Waals surface area contributed by atoms with Crippen molar-refractivity contribution in [2.75, 3.05) is 38.9 Å². The summed E-state index contributed by atoms with van der Waals surface area (Å²) in [5.41, 5.74) is 0.616. The number of methoxy groups -OCH3 is 4. The van der Waals surface area contributed by atoms with Gasteiger partial charge in [0.05, 0.1) is 39.6 Å². The first-order valence-corrected chi connectivity index (χ1v) is 12.7. The summed E-state index contributed by atoms with van der Waals surface area (Å²) in [6, 6.07) is 13.8. The SMILES string of the molecule is COc1cc2oc3c(NS(=O)(=O)CC(C)c4ccccc4)c(OC)cc(OC)c3c(=O)c2cc1OC. The first-order chi connectivity index (χ1) is 17.2. The van der Waals surface area contributed by atoms with E-state index in [2.05, 4.69) is 4.72 Å². The van der Waals surface area contributed by atoms with Crippen molar-refractivity contribution in [2.45, 2.75) is 12.8 Å². The Balaban J connectivity index is 1.92. The second-order valence-electron chi connectivity index (χ2n) is 8.19. The maximum atomic E-state index is 13.6. The zero-order valence-electron chi connectivity index (χ0n) is 20.6. The molecule has 0 saturated heterocycles. The summed E-state index contributed by atoms with van der Waals surface area (Å²) in [6.07, 6.45) is 0. The highest BCUT2D eigenvalue weighted by atomic mass is 32.2. The summed E-state index contributed by atoms with van der Waals surface area (Å²) in [5, 5.41) is 0.280. The summed E-state index contributed by atoms with van der Waals surface area (Å²) < 4.78 is 56.7. The van der Waals surface area contributed by atoms with E-state index in [0.717, 1.165) is 5.56 Å². The molecule has 36 heavy (non-hydrogen) atoms. The highest BCUT2D eigenvalue weighted by Gasteiger charge is 2.26. The molecule has 0 amide bonds. The lowest BCUT2D eigenvalue weighted by atomic mass is 10.0. The maximum Gasteiger partial charge on any atom is 0.233 e. The van der Waals surface area contributed by atoms with Crippen molar-refractivity contribution in [2.24, 2.45) is 0 Å². The number of sulfonamides is 1. The molecule has 0 aliphatic heterocycles. The molecule has 4 aromatic rings. The Labute approximate surface area is 208 Å². The van der Waals surface area contributed by atoms with Gasteiger partial charge in [-0.25, -0.2) is 8.42 Å². The van der Waals surface area contributed by atoms with Gasteiger partial charge in [0.25, 0.3) is 0 Å². The molecule has 1 heterocycles. The molecular weight excluding hydrogens is 486 g/mol. The van der Waals surface area contributed by atoms with E-state index in [9.17, 15) is 13.2 Å². The van der Waals surface area contributed by atoms with Gasteiger partial charge in [-0.15, -0.1) is 0 Å². The van der Waals surface area contributed by atoms with Crippen molar-refractivity contribution in [1.29, 1.82) is 0 Å². The molecule has 1 N–H and O–H groups in total. The molecule has 10 heteroatoms. The number of anilines is 1. The van der Waals surface area contributed by atoms with E-state index in [0.29, 0.717) is 11.5 Å². The smallest absolute Gasteiger partial charge is 0.233 e. The molecule has 1 atom stereocenters. The average molecular weight is 514 g/mol. The Morgan fingerprint density at radius 1 is 0.861 bits per heavy atom. The van der Waals surface area contributed by atoms with Gasteiger partial charge in [0, 0.05) is 12.1 Å². The summed E-state index contributed by atoms with van der Waals surface area (Å²) in [4.78, 5) is 13.6. The molecule has 3 aromatic carbocycles. The number of hydrogen-bond acceptors (Lipinski definition) is 8. The number of hydrogen-bond donors (Lipinski definition) is 1. The van der Waals surface area contributed by atoms with E-state index in [1.807, 2.05) is 37.3 Å². The minimum absolute atomic E-state index is 0.00217. The number of rotatable bonds is 9. The normalized spacial score (nSPS) is 12.4. The van der Waals surface area contributed by atoms with Crippen molar-refractivity contribution in [1.82, 2.24) is 0 Å². The van der Waals surface area contributed by atoms with Gasteiger partial charge in [0.2, 0.25) is 15.5 Å². The summed E-state index contributed by atoms with van der Waals surface area (Å²) in [5.74, 6) is 0.521. The van der Waals surface area contributed by atoms with Crippen LogP contribution in [0.4, 0.5) is 5.69 Å². The molecule has 0 saturated carbocycles. The third-order valence-electron chi connectivity index (χ3n) is 5.91. The van der Waals surface area contributed by atoms with Crippen molar-refractivity contribution >= 4 is 37.6 Å². The molecule has 190 valence electrons. The van der Waals surface area contributed by atoms with Crippen molar-refractivity contribution in [3.05, 3.63) is 64.3 Å².